The molecule has 0 radical (unpaired) electrons. The predicted molar refractivity (Wildman–Crippen MR) is 72.7 cm³/mol. The van der Waals surface area contributed by atoms with E-state index in [0.717, 1.165) is 5.56 Å². The molecule has 1 unspecified atom stereocenters. The Balaban J connectivity index is 1.97. The molecule has 18 heavy (non-hydrogen) atoms. The third-order valence-electron chi connectivity index (χ3n) is 2.71. The summed E-state index contributed by atoms with van der Waals surface area (Å²) < 4.78 is 5.26. The van der Waals surface area contributed by atoms with Crippen LogP contribution in [0, 0.1) is 5.92 Å². The van der Waals surface area contributed by atoms with Crippen LogP contribution in [0.2, 0.25) is 0 Å². The first kappa shape index (κ1) is 12.8. The molecule has 0 saturated carbocycles. The van der Waals surface area contributed by atoms with E-state index in [2.05, 4.69) is 12.6 Å². The van der Waals surface area contributed by atoms with Crippen LogP contribution in [0.5, 0.6) is 5.75 Å². The largest absolute Gasteiger partial charge is 0.508 e. The molecule has 0 saturated heterocycles. The minimum atomic E-state index is -0.328. The Morgan fingerprint density at radius 2 is 2.11 bits per heavy atom. The normalized spacial score (nSPS) is 18.3. The fourth-order valence-corrected chi connectivity index (χ4v) is 1.85. The predicted octanol–water partition coefficient (Wildman–Crippen LogP) is 3.04. The molecule has 0 spiro atoms. The van der Waals surface area contributed by atoms with Crippen molar-refractivity contribution in [2.75, 3.05) is 0 Å². The lowest BCUT2D eigenvalue weighted by Gasteiger charge is -2.13. The maximum absolute atomic E-state index is 11.8. The lowest BCUT2D eigenvalue weighted by atomic mass is 10.0. The zero-order valence-corrected chi connectivity index (χ0v) is 10.6. The molecule has 1 N–H and O–H groups in total. The van der Waals surface area contributed by atoms with Crippen molar-refractivity contribution in [2.45, 2.75) is 12.2 Å². The van der Waals surface area contributed by atoms with E-state index in [4.69, 9.17) is 4.74 Å². The van der Waals surface area contributed by atoms with Gasteiger partial charge in [-0.05, 0) is 36.3 Å². The molecule has 0 amide bonds. The molecule has 0 aliphatic heterocycles. The molecule has 4 heteroatoms. The van der Waals surface area contributed by atoms with Crippen molar-refractivity contribution in [3.05, 3.63) is 53.8 Å². The molecular formula is C14H14O3S. The van der Waals surface area contributed by atoms with Crippen molar-refractivity contribution in [2.24, 2.45) is 5.92 Å². The van der Waals surface area contributed by atoms with Crippen LogP contribution in [-0.4, -0.2) is 11.1 Å². The summed E-state index contributed by atoms with van der Waals surface area (Å²) in [5, 5.41) is 9.17. The number of ether oxygens (including phenoxy) is 1. The molecule has 0 heterocycles. The number of carbonyl (C=O) groups excluding carboxylic acids is 1. The van der Waals surface area contributed by atoms with E-state index in [-0.39, 0.29) is 17.6 Å². The Morgan fingerprint density at radius 3 is 2.67 bits per heavy atom. The van der Waals surface area contributed by atoms with Gasteiger partial charge in [-0.1, -0.05) is 18.2 Å². The van der Waals surface area contributed by atoms with E-state index in [1.807, 2.05) is 12.1 Å². The minimum Gasteiger partial charge on any atom is -0.508 e. The van der Waals surface area contributed by atoms with E-state index < -0.39 is 0 Å². The second-order valence-corrected chi connectivity index (χ2v) is 4.37. The molecule has 0 fully saturated rings. The van der Waals surface area contributed by atoms with Gasteiger partial charge in [-0.25, -0.2) is 0 Å². The number of hydrogen-bond acceptors (Lipinski definition) is 4. The van der Waals surface area contributed by atoms with E-state index in [1.54, 1.807) is 24.3 Å². The van der Waals surface area contributed by atoms with Gasteiger partial charge in [-0.15, -0.1) is 0 Å². The average Bonchev–Trinajstić information content (AvgIpc) is 2.40. The maximum Gasteiger partial charge on any atom is 0.318 e. The lowest BCUT2D eigenvalue weighted by molar-refractivity contribution is -0.137. The number of aliphatic hydroxyl groups is 1. The minimum absolute atomic E-state index is 0.192. The SMILES string of the molecule is O=C(Oc1ccc(CS)cc1)C1C=CC(O)=CC1. The summed E-state index contributed by atoms with van der Waals surface area (Å²) in [5.41, 5.74) is 1.07. The number of benzene rings is 1. The highest BCUT2D eigenvalue weighted by Gasteiger charge is 2.19. The van der Waals surface area contributed by atoms with Crippen LogP contribution in [0.1, 0.15) is 12.0 Å². The standard InChI is InChI=1S/C14H14O3S/c15-12-5-3-11(4-6-12)14(16)17-13-7-1-10(9-18)2-8-13/h1-3,5-8,11,15,18H,4,9H2. The zero-order chi connectivity index (χ0) is 13.0. The first-order chi connectivity index (χ1) is 8.69. The molecule has 1 aliphatic carbocycles. The number of hydrogen-bond donors (Lipinski definition) is 2. The average molecular weight is 262 g/mol. The third kappa shape index (κ3) is 3.17. The van der Waals surface area contributed by atoms with Crippen LogP contribution in [-0.2, 0) is 10.5 Å². The maximum atomic E-state index is 11.8. The second-order valence-electron chi connectivity index (χ2n) is 4.05. The van der Waals surface area contributed by atoms with Crippen molar-refractivity contribution in [3.8, 4) is 5.75 Å². The summed E-state index contributed by atoms with van der Waals surface area (Å²) in [6.45, 7) is 0. The Kier molecular flexibility index (Phi) is 4.10. The van der Waals surface area contributed by atoms with Crippen molar-refractivity contribution >= 4 is 18.6 Å². The lowest BCUT2D eigenvalue weighted by Crippen LogP contribution is -2.19. The van der Waals surface area contributed by atoms with Crippen LogP contribution in [0.4, 0.5) is 0 Å². The Bertz CT molecular complexity index is 488. The molecule has 1 atom stereocenters. The van der Waals surface area contributed by atoms with Crippen molar-refractivity contribution in [1.29, 1.82) is 0 Å². The molecule has 3 nitrogen and oxygen atoms in total. The summed E-state index contributed by atoms with van der Waals surface area (Å²) in [7, 11) is 0. The summed E-state index contributed by atoms with van der Waals surface area (Å²) in [4.78, 5) is 11.8. The molecule has 0 aromatic heterocycles. The van der Waals surface area contributed by atoms with Gasteiger partial charge < -0.3 is 9.84 Å². The van der Waals surface area contributed by atoms with Gasteiger partial charge in [-0.2, -0.15) is 12.6 Å². The number of aliphatic hydroxyl groups excluding tert-OH is 1. The molecule has 1 aromatic rings. The zero-order valence-electron chi connectivity index (χ0n) is 9.74. The summed E-state index contributed by atoms with van der Waals surface area (Å²) in [5.74, 6) is 0.734. The van der Waals surface area contributed by atoms with E-state index >= 15 is 0 Å². The summed E-state index contributed by atoms with van der Waals surface area (Å²) >= 11 is 4.16. The highest BCUT2D eigenvalue weighted by molar-refractivity contribution is 7.79. The fourth-order valence-electron chi connectivity index (χ4n) is 1.64. The van der Waals surface area contributed by atoms with E-state index in [1.165, 1.54) is 6.08 Å². The summed E-state index contributed by atoms with van der Waals surface area (Å²) in [6.07, 6.45) is 5.24. The molecule has 2 rings (SSSR count). The number of thiol groups is 1. The quantitative estimate of drug-likeness (QED) is 0.500. The Hall–Kier alpha value is -1.68. The van der Waals surface area contributed by atoms with Crippen LogP contribution >= 0.6 is 12.6 Å². The molecule has 94 valence electrons. The Labute approximate surface area is 111 Å². The number of carbonyl (C=O) groups is 1. The number of rotatable bonds is 3. The van der Waals surface area contributed by atoms with E-state index in [9.17, 15) is 9.90 Å². The smallest absolute Gasteiger partial charge is 0.318 e. The molecule has 0 bridgehead atoms. The van der Waals surface area contributed by atoms with Gasteiger partial charge in [0.15, 0.2) is 0 Å². The Morgan fingerprint density at radius 1 is 1.39 bits per heavy atom. The van der Waals surface area contributed by atoms with Gasteiger partial charge in [-0.3, -0.25) is 4.79 Å². The van der Waals surface area contributed by atoms with Gasteiger partial charge >= 0.3 is 5.97 Å². The highest BCUT2D eigenvalue weighted by Crippen LogP contribution is 2.19. The topological polar surface area (TPSA) is 46.5 Å². The monoisotopic (exact) mass is 262 g/mol. The second kappa shape index (κ2) is 5.78. The molecule has 1 aliphatic rings. The van der Waals surface area contributed by atoms with E-state index in [0.29, 0.717) is 17.9 Å². The third-order valence-corrected chi connectivity index (χ3v) is 3.07. The van der Waals surface area contributed by atoms with Gasteiger partial charge in [0.2, 0.25) is 0 Å². The fraction of sp³-hybridized carbons (Fsp3) is 0.214. The van der Waals surface area contributed by atoms with Crippen LogP contribution in [0.25, 0.3) is 0 Å². The van der Waals surface area contributed by atoms with Crippen molar-refractivity contribution in [1.82, 2.24) is 0 Å². The summed E-state index contributed by atoms with van der Waals surface area (Å²) in [6, 6.07) is 7.25. The number of allylic oxidation sites excluding steroid dienone is 2. The van der Waals surface area contributed by atoms with Crippen LogP contribution in [0.3, 0.4) is 0 Å². The first-order valence-corrected chi connectivity index (χ1v) is 6.31. The van der Waals surface area contributed by atoms with Crippen molar-refractivity contribution < 1.29 is 14.6 Å². The van der Waals surface area contributed by atoms with Crippen molar-refractivity contribution in [3.63, 3.8) is 0 Å². The van der Waals surface area contributed by atoms with Gasteiger partial charge in [0.1, 0.15) is 11.5 Å². The first-order valence-electron chi connectivity index (χ1n) is 5.68. The van der Waals surface area contributed by atoms with Crippen LogP contribution in [0.15, 0.2) is 48.3 Å². The van der Waals surface area contributed by atoms with Gasteiger partial charge in [0.25, 0.3) is 0 Å². The number of esters is 1. The van der Waals surface area contributed by atoms with Gasteiger partial charge in [0.05, 0.1) is 5.92 Å². The molecular weight excluding hydrogens is 248 g/mol. The molecule has 1 aromatic carbocycles. The highest BCUT2D eigenvalue weighted by atomic mass is 32.1. The van der Waals surface area contributed by atoms with Crippen LogP contribution < -0.4 is 4.74 Å². The van der Waals surface area contributed by atoms with Gasteiger partial charge in [0, 0.05) is 5.75 Å².